The highest BCUT2D eigenvalue weighted by molar-refractivity contribution is 5.52. The lowest BCUT2D eigenvalue weighted by molar-refractivity contribution is -0.0384. The number of rotatable bonds is 4. The summed E-state index contributed by atoms with van der Waals surface area (Å²) in [6, 6.07) is 15.7. The first-order valence-electron chi connectivity index (χ1n) is 8.01. The fourth-order valence-electron chi connectivity index (χ4n) is 2.79. The number of aromatic nitrogens is 3. The van der Waals surface area contributed by atoms with Crippen molar-refractivity contribution < 1.29 is 9.26 Å². The number of pyridine rings is 1. The molecule has 0 saturated carbocycles. The molecule has 0 radical (unpaired) electrons. The van der Waals surface area contributed by atoms with Crippen LogP contribution >= 0.6 is 0 Å². The molecule has 0 amide bonds. The van der Waals surface area contributed by atoms with Gasteiger partial charge in [-0.1, -0.05) is 29.4 Å². The topological polar surface area (TPSA) is 64.3 Å². The van der Waals surface area contributed by atoms with Crippen molar-refractivity contribution >= 4 is 0 Å². The zero-order valence-electron chi connectivity index (χ0n) is 13.2. The highest BCUT2D eigenvalue weighted by Crippen LogP contribution is 2.24. The second-order valence-electron chi connectivity index (χ2n) is 5.74. The molecule has 4 rings (SSSR count). The third-order valence-electron chi connectivity index (χ3n) is 4.01. The zero-order valence-corrected chi connectivity index (χ0v) is 13.2. The quantitative estimate of drug-likeness (QED) is 0.736. The van der Waals surface area contributed by atoms with Gasteiger partial charge in [-0.05, 0) is 24.3 Å². The Labute approximate surface area is 140 Å². The second kappa shape index (κ2) is 6.90. The lowest BCUT2D eigenvalue weighted by Gasteiger charge is -2.31. The Bertz CT molecular complexity index is 776. The molecule has 0 N–H and O–H groups in total. The van der Waals surface area contributed by atoms with Crippen molar-refractivity contribution in [2.45, 2.75) is 12.6 Å². The average Bonchev–Trinajstić information content (AvgIpc) is 3.14. The van der Waals surface area contributed by atoms with Gasteiger partial charge in [0.2, 0.25) is 5.82 Å². The van der Waals surface area contributed by atoms with E-state index in [-0.39, 0.29) is 6.10 Å². The van der Waals surface area contributed by atoms with Gasteiger partial charge >= 0.3 is 0 Å². The van der Waals surface area contributed by atoms with Crippen molar-refractivity contribution in [3.05, 3.63) is 66.2 Å². The van der Waals surface area contributed by atoms with Crippen LogP contribution in [0.1, 0.15) is 17.6 Å². The van der Waals surface area contributed by atoms with Gasteiger partial charge in [0, 0.05) is 31.4 Å². The van der Waals surface area contributed by atoms with Crippen LogP contribution in [-0.4, -0.2) is 39.7 Å². The molecule has 6 nitrogen and oxygen atoms in total. The Morgan fingerprint density at radius 3 is 2.79 bits per heavy atom. The molecule has 6 heteroatoms. The van der Waals surface area contributed by atoms with Crippen molar-refractivity contribution in [3.8, 4) is 11.5 Å². The predicted octanol–water partition coefficient (Wildman–Crippen LogP) is 2.71. The fourth-order valence-corrected chi connectivity index (χ4v) is 2.79. The first kappa shape index (κ1) is 15.0. The van der Waals surface area contributed by atoms with Crippen LogP contribution in [0.15, 0.2) is 59.3 Å². The van der Waals surface area contributed by atoms with Gasteiger partial charge < -0.3 is 9.26 Å². The van der Waals surface area contributed by atoms with Crippen molar-refractivity contribution in [1.82, 2.24) is 20.0 Å². The van der Waals surface area contributed by atoms with Crippen LogP contribution < -0.4 is 0 Å². The summed E-state index contributed by atoms with van der Waals surface area (Å²) in [5.41, 5.74) is 1.97. The maximum absolute atomic E-state index is 5.83. The van der Waals surface area contributed by atoms with Gasteiger partial charge in [0.1, 0.15) is 6.10 Å². The molecule has 0 aliphatic carbocycles. The maximum Gasteiger partial charge on any atom is 0.258 e. The van der Waals surface area contributed by atoms with E-state index in [1.165, 1.54) is 0 Å². The highest BCUT2D eigenvalue weighted by atomic mass is 16.5. The first-order chi connectivity index (χ1) is 11.9. The molecule has 1 saturated heterocycles. The van der Waals surface area contributed by atoms with Crippen LogP contribution in [0, 0.1) is 0 Å². The lowest BCUT2D eigenvalue weighted by atomic mass is 10.2. The van der Waals surface area contributed by atoms with Gasteiger partial charge in [-0.25, -0.2) is 0 Å². The first-order valence-corrected chi connectivity index (χ1v) is 8.01. The van der Waals surface area contributed by atoms with Crippen molar-refractivity contribution in [2.75, 3.05) is 19.7 Å². The summed E-state index contributed by atoms with van der Waals surface area (Å²) in [5, 5.41) is 4.10. The smallest absolute Gasteiger partial charge is 0.258 e. The number of hydrogen-bond acceptors (Lipinski definition) is 6. The Morgan fingerprint density at radius 1 is 1.08 bits per heavy atom. The van der Waals surface area contributed by atoms with Crippen molar-refractivity contribution in [3.63, 3.8) is 0 Å². The molecule has 0 bridgehead atoms. The molecule has 1 fully saturated rings. The van der Waals surface area contributed by atoms with Crippen LogP contribution in [0.3, 0.4) is 0 Å². The minimum absolute atomic E-state index is 0.177. The fraction of sp³-hybridized carbons (Fsp3) is 0.278. The van der Waals surface area contributed by atoms with Crippen LogP contribution in [0.5, 0.6) is 0 Å². The normalized spacial score (nSPS) is 18.6. The Balaban J connectivity index is 1.45. The number of ether oxygens (including phenoxy) is 1. The average molecular weight is 322 g/mol. The van der Waals surface area contributed by atoms with Gasteiger partial charge in [0.25, 0.3) is 5.89 Å². The standard InChI is InChI=1S/C18H18N4O2/c1-2-6-14(7-3-1)18-20-17(21-24-18)16-13-22(10-11-23-16)12-15-8-4-5-9-19-15/h1-9,16H,10-13H2/t16-/m1/s1. The van der Waals surface area contributed by atoms with Gasteiger partial charge in [-0.3, -0.25) is 9.88 Å². The van der Waals surface area contributed by atoms with E-state index in [1.807, 2.05) is 54.7 Å². The highest BCUT2D eigenvalue weighted by Gasteiger charge is 2.26. The molecule has 3 aromatic rings. The Hall–Kier alpha value is -2.57. The largest absolute Gasteiger partial charge is 0.367 e. The number of morpholine rings is 1. The molecule has 0 spiro atoms. The van der Waals surface area contributed by atoms with E-state index >= 15 is 0 Å². The molecule has 24 heavy (non-hydrogen) atoms. The number of hydrogen-bond donors (Lipinski definition) is 0. The Kier molecular flexibility index (Phi) is 4.31. The summed E-state index contributed by atoms with van der Waals surface area (Å²) >= 11 is 0. The summed E-state index contributed by atoms with van der Waals surface area (Å²) in [5.74, 6) is 1.12. The molecule has 0 unspecified atom stereocenters. The lowest BCUT2D eigenvalue weighted by Crippen LogP contribution is -2.38. The molecule has 122 valence electrons. The molecule has 1 aromatic carbocycles. The summed E-state index contributed by atoms with van der Waals surface area (Å²) in [6.45, 7) is 3.04. The number of nitrogens with zero attached hydrogens (tertiary/aromatic N) is 4. The van der Waals surface area contributed by atoms with E-state index in [4.69, 9.17) is 9.26 Å². The van der Waals surface area contributed by atoms with Crippen LogP contribution in [0.4, 0.5) is 0 Å². The number of benzene rings is 1. The minimum Gasteiger partial charge on any atom is -0.367 e. The molecule has 1 aliphatic heterocycles. The van der Waals surface area contributed by atoms with Gasteiger partial charge in [-0.2, -0.15) is 4.98 Å². The summed E-state index contributed by atoms with van der Waals surface area (Å²) < 4.78 is 11.2. The Morgan fingerprint density at radius 2 is 1.96 bits per heavy atom. The monoisotopic (exact) mass is 322 g/mol. The molecular weight excluding hydrogens is 304 g/mol. The van der Waals surface area contributed by atoms with Crippen LogP contribution in [0.2, 0.25) is 0 Å². The van der Waals surface area contributed by atoms with Crippen molar-refractivity contribution in [1.29, 1.82) is 0 Å². The summed E-state index contributed by atoms with van der Waals surface area (Å²) in [4.78, 5) is 11.2. The third kappa shape index (κ3) is 3.34. The van der Waals surface area contributed by atoms with E-state index in [1.54, 1.807) is 0 Å². The summed E-state index contributed by atoms with van der Waals surface area (Å²) in [7, 11) is 0. The van der Waals surface area contributed by atoms with E-state index in [2.05, 4.69) is 20.0 Å². The van der Waals surface area contributed by atoms with E-state index < -0.39 is 0 Å². The van der Waals surface area contributed by atoms with E-state index in [9.17, 15) is 0 Å². The van der Waals surface area contributed by atoms with Gasteiger partial charge in [-0.15, -0.1) is 0 Å². The van der Waals surface area contributed by atoms with E-state index in [0.717, 1.165) is 30.9 Å². The van der Waals surface area contributed by atoms with Gasteiger partial charge in [0.05, 0.1) is 12.3 Å². The van der Waals surface area contributed by atoms with Crippen molar-refractivity contribution in [2.24, 2.45) is 0 Å². The van der Waals surface area contributed by atoms with Gasteiger partial charge in [0.15, 0.2) is 0 Å². The maximum atomic E-state index is 5.83. The molecule has 1 aliphatic rings. The molecule has 2 aromatic heterocycles. The third-order valence-corrected chi connectivity index (χ3v) is 4.01. The van der Waals surface area contributed by atoms with E-state index in [0.29, 0.717) is 18.3 Å². The van der Waals surface area contributed by atoms with Crippen LogP contribution in [-0.2, 0) is 11.3 Å². The second-order valence-corrected chi connectivity index (χ2v) is 5.74. The summed E-state index contributed by atoms with van der Waals surface area (Å²) in [6.07, 6.45) is 1.64. The zero-order chi connectivity index (χ0) is 16.2. The molecule has 1 atom stereocenters. The SMILES string of the molecule is c1ccc(-c2nc([C@H]3CN(Cc4ccccn4)CCO3)no2)cc1. The predicted molar refractivity (Wildman–Crippen MR) is 87.9 cm³/mol. The van der Waals surface area contributed by atoms with Crippen LogP contribution in [0.25, 0.3) is 11.5 Å². The minimum atomic E-state index is -0.177. The molecular formula is C18H18N4O2. The molecule has 3 heterocycles.